The quantitative estimate of drug-likeness (QED) is 0.656. The molecule has 1 aromatic carbocycles. The van der Waals surface area contributed by atoms with Crippen molar-refractivity contribution in [2.45, 2.75) is 44.6 Å². The van der Waals surface area contributed by atoms with Gasteiger partial charge in [-0.05, 0) is 31.4 Å². The van der Waals surface area contributed by atoms with Crippen LogP contribution in [0.15, 0.2) is 18.2 Å². The van der Waals surface area contributed by atoms with Crippen molar-refractivity contribution in [3.8, 4) is 0 Å². The highest BCUT2D eigenvalue weighted by atomic mass is 16.6. The predicted octanol–water partition coefficient (Wildman–Crippen LogP) is 2.29. The van der Waals surface area contributed by atoms with E-state index in [2.05, 4.69) is 5.32 Å². The number of nitrogens with zero attached hydrogens (tertiary/aromatic N) is 1. The number of nitrogens with one attached hydrogen (secondary N) is 1. The zero-order valence-electron chi connectivity index (χ0n) is 12.2. The average molecular weight is 291 g/mol. The van der Waals surface area contributed by atoms with E-state index in [-0.39, 0.29) is 17.1 Å². The third-order valence-electron chi connectivity index (χ3n) is 3.99. The maximum absolute atomic E-state index is 12.2. The van der Waals surface area contributed by atoms with Gasteiger partial charge in [-0.15, -0.1) is 0 Å². The minimum atomic E-state index is -0.491. The number of nitro benzene ring substituents is 1. The Morgan fingerprint density at radius 1 is 1.33 bits per heavy atom. The topological polar surface area (TPSA) is 98.3 Å². The van der Waals surface area contributed by atoms with Gasteiger partial charge in [-0.1, -0.05) is 19.3 Å². The van der Waals surface area contributed by atoms with Crippen molar-refractivity contribution in [3.63, 3.8) is 0 Å². The van der Waals surface area contributed by atoms with Crippen LogP contribution in [0.4, 0.5) is 5.69 Å². The summed E-state index contributed by atoms with van der Waals surface area (Å²) in [5, 5.41) is 13.7. The van der Waals surface area contributed by atoms with Crippen molar-refractivity contribution in [2.24, 2.45) is 5.73 Å². The van der Waals surface area contributed by atoms with E-state index in [0.29, 0.717) is 17.7 Å². The number of aryl methyl sites for hydroxylation is 1. The number of nitro groups is 1. The summed E-state index contributed by atoms with van der Waals surface area (Å²) in [5.41, 5.74) is 6.85. The Morgan fingerprint density at radius 3 is 2.62 bits per heavy atom. The number of nitrogens with two attached hydrogens (primary N) is 1. The van der Waals surface area contributed by atoms with E-state index >= 15 is 0 Å². The van der Waals surface area contributed by atoms with E-state index in [1.54, 1.807) is 13.0 Å². The van der Waals surface area contributed by atoms with Crippen molar-refractivity contribution in [1.82, 2.24) is 5.32 Å². The predicted molar refractivity (Wildman–Crippen MR) is 80.2 cm³/mol. The van der Waals surface area contributed by atoms with E-state index in [9.17, 15) is 14.9 Å². The number of non-ortho nitro benzene ring substituents is 1. The van der Waals surface area contributed by atoms with Crippen LogP contribution in [-0.2, 0) is 0 Å². The Bertz CT molecular complexity index is 551. The van der Waals surface area contributed by atoms with Crippen LogP contribution in [0.5, 0.6) is 0 Å². The first-order valence-corrected chi connectivity index (χ1v) is 7.23. The molecule has 0 aliphatic heterocycles. The molecule has 21 heavy (non-hydrogen) atoms. The number of benzene rings is 1. The lowest BCUT2D eigenvalue weighted by molar-refractivity contribution is -0.384. The van der Waals surface area contributed by atoms with Crippen LogP contribution in [-0.4, -0.2) is 22.9 Å². The fourth-order valence-electron chi connectivity index (χ4n) is 2.79. The largest absolute Gasteiger partial charge is 0.350 e. The Hall–Kier alpha value is -1.95. The number of carbonyl (C=O) groups excluding carboxylic acids is 1. The third-order valence-corrected chi connectivity index (χ3v) is 3.99. The first-order valence-electron chi connectivity index (χ1n) is 7.23. The van der Waals surface area contributed by atoms with E-state index in [0.717, 1.165) is 25.7 Å². The van der Waals surface area contributed by atoms with Gasteiger partial charge in [-0.2, -0.15) is 0 Å². The molecule has 1 fully saturated rings. The average Bonchev–Trinajstić information content (AvgIpc) is 2.45. The fourth-order valence-corrected chi connectivity index (χ4v) is 2.79. The Balaban J connectivity index is 2.04. The molecule has 0 spiro atoms. The Labute approximate surface area is 123 Å². The molecule has 0 bridgehead atoms. The van der Waals surface area contributed by atoms with Crippen molar-refractivity contribution in [1.29, 1.82) is 0 Å². The van der Waals surface area contributed by atoms with E-state index in [1.807, 2.05) is 0 Å². The molecule has 0 unspecified atom stereocenters. The maximum atomic E-state index is 12.2. The molecule has 6 heteroatoms. The number of carbonyl (C=O) groups is 1. The van der Waals surface area contributed by atoms with Gasteiger partial charge in [-0.3, -0.25) is 14.9 Å². The van der Waals surface area contributed by atoms with Gasteiger partial charge >= 0.3 is 0 Å². The molecule has 1 aliphatic rings. The molecule has 3 N–H and O–H groups in total. The van der Waals surface area contributed by atoms with Crippen LogP contribution >= 0.6 is 0 Å². The lowest BCUT2D eigenvalue weighted by Gasteiger charge is -2.33. The van der Waals surface area contributed by atoms with Crippen LogP contribution in [0.3, 0.4) is 0 Å². The standard InChI is InChI=1S/C15H21N3O3/c1-11-7-12(9-13(8-11)18(20)21)14(19)17-10-15(16)5-3-2-4-6-15/h7-9H,2-6,10,16H2,1H3,(H,17,19). The van der Waals surface area contributed by atoms with Gasteiger partial charge in [-0.25, -0.2) is 0 Å². The molecular weight excluding hydrogens is 270 g/mol. The van der Waals surface area contributed by atoms with Gasteiger partial charge in [0.05, 0.1) is 4.92 Å². The highest BCUT2D eigenvalue weighted by molar-refractivity contribution is 5.95. The van der Waals surface area contributed by atoms with Gasteiger partial charge in [0.2, 0.25) is 0 Å². The molecule has 114 valence electrons. The molecule has 1 saturated carbocycles. The lowest BCUT2D eigenvalue weighted by Crippen LogP contribution is -2.51. The molecule has 0 aromatic heterocycles. The van der Waals surface area contributed by atoms with Crippen LogP contribution in [0, 0.1) is 17.0 Å². The van der Waals surface area contributed by atoms with Crippen LogP contribution < -0.4 is 11.1 Å². The van der Waals surface area contributed by atoms with Crippen molar-refractivity contribution < 1.29 is 9.72 Å². The van der Waals surface area contributed by atoms with Gasteiger partial charge in [0.1, 0.15) is 0 Å². The number of hydrogen-bond acceptors (Lipinski definition) is 4. The zero-order valence-corrected chi connectivity index (χ0v) is 12.2. The smallest absolute Gasteiger partial charge is 0.270 e. The van der Waals surface area contributed by atoms with E-state index in [4.69, 9.17) is 5.73 Å². The minimum Gasteiger partial charge on any atom is -0.350 e. The molecule has 1 amide bonds. The highest BCUT2D eigenvalue weighted by Gasteiger charge is 2.28. The molecule has 0 radical (unpaired) electrons. The van der Waals surface area contributed by atoms with Gasteiger partial charge < -0.3 is 11.1 Å². The summed E-state index contributed by atoms with van der Waals surface area (Å²) in [6.45, 7) is 2.14. The summed E-state index contributed by atoms with van der Waals surface area (Å²) >= 11 is 0. The van der Waals surface area contributed by atoms with Crippen LogP contribution in [0.1, 0.15) is 48.0 Å². The summed E-state index contributed by atoms with van der Waals surface area (Å²) in [4.78, 5) is 22.5. The SMILES string of the molecule is Cc1cc(C(=O)NCC2(N)CCCCC2)cc([N+](=O)[O-])c1. The maximum Gasteiger partial charge on any atom is 0.270 e. The van der Waals surface area contributed by atoms with Crippen molar-refractivity contribution in [2.75, 3.05) is 6.54 Å². The summed E-state index contributed by atoms with van der Waals surface area (Å²) in [6, 6.07) is 4.39. The molecule has 0 heterocycles. The van der Waals surface area contributed by atoms with E-state index < -0.39 is 4.92 Å². The second kappa shape index (κ2) is 6.22. The lowest BCUT2D eigenvalue weighted by atomic mass is 9.82. The molecule has 0 saturated heterocycles. The first-order chi connectivity index (χ1) is 9.89. The molecule has 1 aromatic rings. The second-order valence-electron chi connectivity index (χ2n) is 5.92. The van der Waals surface area contributed by atoms with Crippen molar-refractivity contribution >= 4 is 11.6 Å². The van der Waals surface area contributed by atoms with Gasteiger partial charge in [0.25, 0.3) is 11.6 Å². The van der Waals surface area contributed by atoms with Gasteiger partial charge in [0.15, 0.2) is 0 Å². The van der Waals surface area contributed by atoms with Crippen molar-refractivity contribution in [3.05, 3.63) is 39.4 Å². The number of amides is 1. The number of hydrogen-bond donors (Lipinski definition) is 2. The van der Waals surface area contributed by atoms with Crippen LogP contribution in [0.2, 0.25) is 0 Å². The summed E-state index contributed by atoms with van der Waals surface area (Å²) in [6.07, 6.45) is 5.17. The molecular formula is C15H21N3O3. The fraction of sp³-hybridized carbons (Fsp3) is 0.533. The van der Waals surface area contributed by atoms with E-state index in [1.165, 1.54) is 18.6 Å². The zero-order chi connectivity index (χ0) is 15.5. The first kappa shape index (κ1) is 15.4. The molecule has 2 rings (SSSR count). The summed E-state index contributed by atoms with van der Waals surface area (Å²) < 4.78 is 0. The van der Waals surface area contributed by atoms with Crippen LogP contribution in [0.25, 0.3) is 0 Å². The normalized spacial score (nSPS) is 17.2. The minimum absolute atomic E-state index is 0.0692. The monoisotopic (exact) mass is 291 g/mol. The molecule has 1 aliphatic carbocycles. The third kappa shape index (κ3) is 4.01. The summed E-state index contributed by atoms with van der Waals surface area (Å²) in [5.74, 6) is -0.308. The van der Waals surface area contributed by atoms with Gasteiger partial charge in [0, 0.05) is 29.8 Å². The molecule has 6 nitrogen and oxygen atoms in total. The molecule has 0 atom stereocenters. The number of rotatable bonds is 4. The second-order valence-corrected chi connectivity index (χ2v) is 5.92. The summed E-state index contributed by atoms with van der Waals surface area (Å²) in [7, 11) is 0. The Kier molecular flexibility index (Phi) is 4.57. The highest BCUT2D eigenvalue weighted by Crippen LogP contribution is 2.25. The Morgan fingerprint density at radius 2 is 2.00 bits per heavy atom.